The van der Waals surface area contributed by atoms with E-state index in [1.54, 1.807) is 16.7 Å². The molecular formula is C20H13F2N3OS. The number of halogens is 2. The number of nitrogens with one attached hydrogen (secondary N) is 1. The monoisotopic (exact) mass is 381 g/mol. The third kappa shape index (κ3) is 3.13. The second-order valence-corrected chi connectivity index (χ2v) is 6.27. The van der Waals surface area contributed by atoms with Crippen molar-refractivity contribution in [2.24, 2.45) is 0 Å². The minimum atomic E-state index is -0.687. The Hall–Kier alpha value is -3.32. The molecule has 0 aliphatic carbocycles. The van der Waals surface area contributed by atoms with Crippen LogP contribution in [0.4, 0.5) is 8.78 Å². The van der Waals surface area contributed by atoms with E-state index in [2.05, 4.69) is 10.2 Å². The topological polar surface area (TPSA) is 53.8 Å². The van der Waals surface area contributed by atoms with E-state index in [1.165, 1.54) is 18.2 Å². The number of hydrogen-bond donors (Lipinski definition) is 2. The number of phenolic OH excluding ortho intramolecular Hbond substituents is 1. The first-order valence-corrected chi connectivity index (χ1v) is 8.47. The zero-order chi connectivity index (χ0) is 19.0. The second kappa shape index (κ2) is 6.77. The lowest BCUT2D eigenvalue weighted by Gasteiger charge is -2.11. The fraction of sp³-hybridized carbons (Fsp3) is 0. The van der Waals surface area contributed by atoms with Gasteiger partial charge >= 0.3 is 0 Å². The van der Waals surface area contributed by atoms with Crippen LogP contribution >= 0.6 is 12.2 Å². The Morgan fingerprint density at radius 2 is 1.70 bits per heavy atom. The molecule has 0 fully saturated rings. The van der Waals surface area contributed by atoms with Gasteiger partial charge in [0.1, 0.15) is 17.4 Å². The van der Waals surface area contributed by atoms with Crippen LogP contribution in [-0.4, -0.2) is 19.9 Å². The largest absolute Gasteiger partial charge is 0.507 e. The fourth-order valence-electron chi connectivity index (χ4n) is 2.90. The summed E-state index contributed by atoms with van der Waals surface area (Å²) in [6.45, 7) is 0. The Balaban J connectivity index is 1.90. The number of hydrogen-bond acceptors (Lipinski definition) is 3. The van der Waals surface area contributed by atoms with Crippen LogP contribution in [0.5, 0.6) is 5.75 Å². The predicted molar refractivity (Wildman–Crippen MR) is 101 cm³/mol. The molecule has 0 saturated carbocycles. The molecule has 4 nitrogen and oxygen atoms in total. The summed E-state index contributed by atoms with van der Waals surface area (Å²) in [5.41, 5.74) is 1.84. The molecule has 1 heterocycles. The molecule has 1 aromatic heterocycles. The lowest BCUT2D eigenvalue weighted by Crippen LogP contribution is -1.98. The van der Waals surface area contributed by atoms with Crippen molar-refractivity contribution < 1.29 is 13.9 Å². The highest BCUT2D eigenvalue weighted by Crippen LogP contribution is 2.34. The van der Waals surface area contributed by atoms with Gasteiger partial charge in [-0.05, 0) is 54.2 Å². The zero-order valence-electron chi connectivity index (χ0n) is 13.9. The Kier molecular flexibility index (Phi) is 4.29. The Morgan fingerprint density at radius 1 is 0.926 bits per heavy atom. The van der Waals surface area contributed by atoms with E-state index in [4.69, 9.17) is 12.2 Å². The lowest BCUT2D eigenvalue weighted by atomic mass is 10.0. The van der Waals surface area contributed by atoms with Gasteiger partial charge in [0, 0.05) is 17.3 Å². The molecule has 0 radical (unpaired) electrons. The normalized spacial score (nSPS) is 10.9. The van der Waals surface area contributed by atoms with Crippen LogP contribution in [0.15, 0.2) is 66.7 Å². The van der Waals surface area contributed by atoms with E-state index >= 15 is 0 Å². The molecule has 0 aliphatic rings. The fourth-order valence-corrected chi connectivity index (χ4v) is 3.14. The number of nitrogens with zero attached hydrogens (tertiary/aromatic N) is 2. The summed E-state index contributed by atoms with van der Waals surface area (Å²) >= 11 is 5.32. The molecule has 4 aromatic rings. The summed E-state index contributed by atoms with van der Waals surface area (Å²) in [5.74, 6) is -0.991. The maximum absolute atomic E-state index is 14.2. The Morgan fingerprint density at radius 3 is 2.44 bits per heavy atom. The van der Waals surface area contributed by atoms with Crippen molar-refractivity contribution in [3.05, 3.63) is 83.1 Å². The van der Waals surface area contributed by atoms with Crippen LogP contribution in [0.3, 0.4) is 0 Å². The van der Waals surface area contributed by atoms with Gasteiger partial charge in [0.05, 0.1) is 5.56 Å². The molecule has 0 bridgehead atoms. The van der Waals surface area contributed by atoms with E-state index in [0.717, 1.165) is 11.8 Å². The van der Waals surface area contributed by atoms with E-state index in [-0.39, 0.29) is 11.3 Å². The number of phenols is 1. The molecule has 0 saturated heterocycles. The molecule has 0 amide bonds. The molecule has 0 unspecified atom stereocenters. The van der Waals surface area contributed by atoms with Crippen molar-refractivity contribution in [2.75, 3.05) is 0 Å². The van der Waals surface area contributed by atoms with Gasteiger partial charge in [-0.1, -0.05) is 24.3 Å². The summed E-state index contributed by atoms with van der Waals surface area (Å²) < 4.78 is 29.4. The molecule has 3 aromatic carbocycles. The second-order valence-electron chi connectivity index (χ2n) is 5.88. The van der Waals surface area contributed by atoms with Crippen LogP contribution in [0.25, 0.3) is 28.2 Å². The van der Waals surface area contributed by atoms with E-state index in [1.807, 2.05) is 30.3 Å². The molecule has 7 heteroatoms. The van der Waals surface area contributed by atoms with Gasteiger partial charge in [0.25, 0.3) is 0 Å². The highest BCUT2D eigenvalue weighted by Gasteiger charge is 2.16. The van der Waals surface area contributed by atoms with Gasteiger partial charge in [-0.2, -0.15) is 5.10 Å². The highest BCUT2D eigenvalue weighted by molar-refractivity contribution is 7.71. The minimum absolute atomic E-state index is 0.0348. The Bertz CT molecular complexity index is 1190. The smallest absolute Gasteiger partial charge is 0.200 e. The van der Waals surface area contributed by atoms with Crippen molar-refractivity contribution in [1.29, 1.82) is 0 Å². The first kappa shape index (κ1) is 17.1. The Labute approximate surface area is 158 Å². The first-order chi connectivity index (χ1) is 13.0. The zero-order valence-corrected chi connectivity index (χ0v) is 14.7. The highest BCUT2D eigenvalue weighted by atomic mass is 32.1. The summed E-state index contributed by atoms with van der Waals surface area (Å²) in [4.78, 5) is 0. The lowest BCUT2D eigenvalue weighted by molar-refractivity contribution is 0.477. The number of aromatic hydroxyl groups is 1. The van der Waals surface area contributed by atoms with E-state index < -0.39 is 11.6 Å². The number of rotatable bonds is 3. The summed E-state index contributed by atoms with van der Waals surface area (Å²) in [7, 11) is 0. The van der Waals surface area contributed by atoms with Crippen LogP contribution in [0.2, 0.25) is 0 Å². The van der Waals surface area contributed by atoms with Crippen LogP contribution in [0.1, 0.15) is 0 Å². The molecule has 0 spiro atoms. The van der Waals surface area contributed by atoms with Gasteiger partial charge in [-0.15, -0.1) is 0 Å². The third-order valence-electron chi connectivity index (χ3n) is 4.17. The molecular weight excluding hydrogens is 368 g/mol. The number of aromatic amines is 1. The van der Waals surface area contributed by atoms with Gasteiger partial charge in [0.15, 0.2) is 10.6 Å². The molecule has 4 rings (SSSR count). The average molecular weight is 381 g/mol. The molecule has 2 N–H and O–H groups in total. The number of para-hydroxylation sites is 1. The first-order valence-electron chi connectivity index (χ1n) is 8.06. The third-order valence-corrected chi connectivity index (χ3v) is 4.44. The maximum atomic E-state index is 14.2. The van der Waals surface area contributed by atoms with Gasteiger partial charge < -0.3 is 5.11 Å². The minimum Gasteiger partial charge on any atom is -0.507 e. The molecule has 134 valence electrons. The van der Waals surface area contributed by atoms with E-state index in [9.17, 15) is 13.9 Å². The van der Waals surface area contributed by atoms with Crippen molar-refractivity contribution in [3.8, 4) is 34.0 Å². The van der Waals surface area contributed by atoms with Crippen molar-refractivity contribution in [3.63, 3.8) is 0 Å². The number of aromatic nitrogens is 3. The summed E-state index contributed by atoms with van der Waals surface area (Å²) in [6, 6.07) is 17.3. The predicted octanol–water partition coefficient (Wildman–Crippen LogP) is 5.25. The SMILES string of the molecule is Oc1ccc(-c2ccc(F)cc2F)cc1-c1n[nH]c(=S)n1-c1ccccc1. The van der Waals surface area contributed by atoms with E-state index in [0.29, 0.717) is 21.7 Å². The van der Waals surface area contributed by atoms with Gasteiger partial charge in [-0.3, -0.25) is 9.67 Å². The van der Waals surface area contributed by atoms with Crippen molar-refractivity contribution in [1.82, 2.24) is 14.8 Å². The summed E-state index contributed by atoms with van der Waals surface area (Å²) in [6.07, 6.45) is 0. The van der Waals surface area contributed by atoms with Crippen molar-refractivity contribution in [2.45, 2.75) is 0 Å². The van der Waals surface area contributed by atoms with Crippen LogP contribution < -0.4 is 0 Å². The standard InChI is InChI=1S/C20H13F2N3OS/c21-13-7-8-15(17(22)11-13)12-6-9-18(26)16(10-12)19-23-24-20(27)25(19)14-4-2-1-3-5-14/h1-11,26H,(H,24,27). The maximum Gasteiger partial charge on any atom is 0.200 e. The van der Waals surface area contributed by atoms with Gasteiger partial charge in [0.2, 0.25) is 0 Å². The van der Waals surface area contributed by atoms with Gasteiger partial charge in [-0.25, -0.2) is 8.78 Å². The molecule has 0 aliphatic heterocycles. The quantitative estimate of drug-likeness (QED) is 0.477. The van der Waals surface area contributed by atoms with Crippen LogP contribution in [-0.2, 0) is 0 Å². The van der Waals surface area contributed by atoms with Crippen LogP contribution in [0, 0.1) is 16.4 Å². The average Bonchev–Trinajstić information content (AvgIpc) is 3.04. The number of H-pyrrole nitrogens is 1. The number of benzene rings is 3. The molecule has 27 heavy (non-hydrogen) atoms. The summed E-state index contributed by atoms with van der Waals surface area (Å²) in [5, 5.41) is 17.3. The molecule has 0 atom stereocenters. The van der Waals surface area contributed by atoms with Crippen molar-refractivity contribution >= 4 is 12.2 Å².